The van der Waals surface area contributed by atoms with Gasteiger partial charge in [0, 0.05) is 24.8 Å². The lowest BCUT2D eigenvalue weighted by Crippen LogP contribution is -2.36. The van der Waals surface area contributed by atoms with Crippen LogP contribution in [0.25, 0.3) is 0 Å². The number of aryl methyl sites for hydroxylation is 1. The van der Waals surface area contributed by atoms with Crippen molar-refractivity contribution in [2.45, 2.75) is 45.1 Å². The summed E-state index contributed by atoms with van der Waals surface area (Å²) in [5, 5.41) is 0. The molecule has 1 atom stereocenters. The van der Waals surface area contributed by atoms with Gasteiger partial charge in [-0.2, -0.15) is 4.98 Å². The number of fused-ring (bicyclic) bond motifs is 2. The van der Waals surface area contributed by atoms with Crippen LogP contribution in [0.5, 0.6) is 0 Å². The third-order valence-electron chi connectivity index (χ3n) is 6.46. The van der Waals surface area contributed by atoms with Gasteiger partial charge in [0.1, 0.15) is 5.82 Å². The number of benzene rings is 2. The first-order valence-electron chi connectivity index (χ1n) is 10.8. The Morgan fingerprint density at radius 2 is 1.63 bits per heavy atom. The molecule has 0 spiro atoms. The molecule has 156 valence electrons. The number of nitrogens with zero attached hydrogens (tertiary/aromatic N) is 4. The summed E-state index contributed by atoms with van der Waals surface area (Å²) in [7, 11) is 2.07. The molecular formula is C25H29ClN4. The molecule has 0 fully saturated rings. The van der Waals surface area contributed by atoms with E-state index in [0.29, 0.717) is 6.04 Å². The molecule has 0 saturated heterocycles. The Balaban J connectivity index is 0.00000218. The standard InChI is InChI=1S/C25H28N4.ClH/c1-18-21-13-7-6-10-19(21)16-17-29(18)24-22-14-8-9-15-23(22)26-25(27-24)28(2)20-11-4-3-5-12-20;/h3-7,10-13,18H,8-9,14-17H2,1-2H3;1H. The molecule has 1 aliphatic heterocycles. The summed E-state index contributed by atoms with van der Waals surface area (Å²) in [5.41, 5.74) is 6.63. The van der Waals surface area contributed by atoms with Crippen LogP contribution in [0.3, 0.4) is 0 Å². The number of anilines is 3. The molecule has 0 saturated carbocycles. The molecule has 2 aromatic carbocycles. The Bertz CT molecular complexity index is 1020. The topological polar surface area (TPSA) is 32.3 Å². The molecule has 0 amide bonds. The minimum Gasteiger partial charge on any atom is -0.349 e. The van der Waals surface area contributed by atoms with Crippen LogP contribution >= 0.6 is 12.4 Å². The predicted octanol–water partition coefficient (Wildman–Crippen LogP) is 5.67. The van der Waals surface area contributed by atoms with Crippen molar-refractivity contribution >= 4 is 29.9 Å². The van der Waals surface area contributed by atoms with Gasteiger partial charge in [-0.15, -0.1) is 12.4 Å². The largest absolute Gasteiger partial charge is 0.349 e. The van der Waals surface area contributed by atoms with E-state index in [1.165, 1.54) is 35.2 Å². The summed E-state index contributed by atoms with van der Waals surface area (Å²) in [6, 6.07) is 19.6. The summed E-state index contributed by atoms with van der Waals surface area (Å²) in [6.07, 6.45) is 5.67. The van der Waals surface area contributed by atoms with Crippen LogP contribution in [-0.2, 0) is 19.3 Å². The van der Waals surface area contributed by atoms with Crippen molar-refractivity contribution in [3.05, 3.63) is 77.0 Å². The van der Waals surface area contributed by atoms with Crippen LogP contribution in [0.2, 0.25) is 0 Å². The molecule has 1 aliphatic carbocycles. The number of aromatic nitrogens is 2. The van der Waals surface area contributed by atoms with Crippen LogP contribution in [-0.4, -0.2) is 23.6 Å². The Morgan fingerprint density at radius 1 is 0.900 bits per heavy atom. The van der Waals surface area contributed by atoms with E-state index in [1.54, 1.807) is 0 Å². The number of hydrogen-bond donors (Lipinski definition) is 0. The maximum atomic E-state index is 5.15. The molecular weight excluding hydrogens is 392 g/mol. The van der Waals surface area contributed by atoms with Crippen LogP contribution < -0.4 is 9.80 Å². The summed E-state index contributed by atoms with van der Waals surface area (Å²) >= 11 is 0. The Morgan fingerprint density at radius 3 is 2.47 bits per heavy atom. The molecule has 0 N–H and O–H groups in total. The minimum absolute atomic E-state index is 0. The minimum atomic E-state index is 0. The quantitative estimate of drug-likeness (QED) is 0.546. The molecule has 5 heteroatoms. The Kier molecular flexibility index (Phi) is 5.96. The average Bonchev–Trinajstić information content (AvgIpc) is 2.79. The zero-order chi connectivity index (χ0) is 19.8. The van der Waals surface area contributed by atoms with Gasteiger partial charge in [-0.25, -0.2) is 4.98 Å². The Labute approximate surface area is 185 Å². The monoisotopic (exact) mass is 420 g/mol. The Hall–Kier alpha value is -2.59. The fourth-order valence-electron chi connectivity index (χ4n) is 4.78. The smallest absolute Gasteiger partial charge is 0.231 e. The van der Waals surface area contributed by atoms with E-state index in [0.717, 1.165) is 43.3 Å². The highest BCUT2D eigenvalue weighted by Crippen LogP contribution is 2.38. The fourth-order valence-corrected chi connectivity index (χ4v) is 4.78. The predicted molar refractivity (Wildman–Crippen MR) is 126 cm³/mol. The van der Waals surface area contributed by atoms with Crippen LogP contribution in [0.4, 0.5) is 17.5 Å². The average molecular weight is 421 g/mol. The van der Waals surface area contributed by atoms with Gasteiger partial charge >= 0.3 is 0 Å². The van der Waals surface area contributed by atoms with Gasteiger partial charge in [-0.05, 0) is 62.3 Å². The number of hydrogen-bond acceptors (Lipinski definition) is 4. The van der Waals surface area contributed by atoms with Gasteiger partial charge in [0.05, 0.1) is 11.7 Å². The molecule has 30 heavy (non-hydrogen) atoms. The molecule has 0 bridgehead atoms. The number of halogens is 1. The van der Waals surface area contributed by atoms with E-state index in [-0.39, 0.29) is 12.4 Å². The SMILES string of the molecule is CC1c2ccccc2CCN1c1nc(N(C)c2ccccc2)nc2c1CCCC2.Cl. The maximum Gasteiger partial charge on any atom is 0.231 e. The zero-order valence-electron chi connectivity index (χ0n) is 17.7. The first kappa shape index (κ1) is 20.7. The number of rotatable bonds is 3. The van der Waals surface area contributed by atoms with Gasteiger partial charge in [0.15, 0.2) is 0 Å². The van der Waals surface area contributed by atoms with E-state index in [4.69, 9.17) is 9.97 Å². The summed E-state index contributed by atoms with van der Waals surface area (Å²) in [4.78, 5) is 14.8. The van der Waals surface area contributed by atoms with Crippen LogP contribution in [0.15, 0.2) is 54.6 Å². The highest BCUT2D eigenvalue weighted by Gasteiger charge is 2.29. The third kappa shape index (κ3) is 3.65. The van der Waals surface area contributed by atoms with E-state index in [9.17, 15) is 0 Å². The van der Waals surface area contributed by atoms with Gasteiger partial charge in [0.25, 0.3) is 0 Å². The molecule has 5 rings (SSSR count). The zero-order valence-corrected chi connectivity index (χ0v) is 18.5. The van der Waals surface area contributed by atoms with E-state index in [2.05, 4.69) is 72.3 Å². The lowest BCUT2D eigenvalue weighted by molar-refractivity contribution is 0.598. The highest BCUT2D eigenvalue weighted by molar-refractivity contribution is 5.85. The van der Waals surface area contributed by atoms with Gasteiger partial charge in [-0.1, -0.05) is 42.5 Å². The van der Waals surface area contributed by atoms with Crippen molar-refractivity contribution in [1.29, 1.82) is 0 Å². The van der Waals surface area contributed by atoms with E-state index < -0.39 is 0 Å². The van der Waals surface area contributed by atoms with Gasteiger partial charge < -0.3 is 9.80 Å². The molecule has 2 heterocycles. The number of para-hydroxylation sites is 1. The lowest BCUT2D eigenvalue weighted by Gasteiger charge is -2.38. The first-order chi connectivity index (χ1) is 14.2. The molecule has 0 radical (unpaired) electrons. The summed E-state index contributed by atoms with van der Waals surface area (Å²) in [6.45, 7) is 3.33. The highest BCUT2D eigenvalue weighted by atomic mass is 35.5. The maximum absolute atomic E-state index is 5.15. The third-order valence-corrected chi connectivity index (χ3v) is 6.46. The van der Waals surface area contributed by atoms with Crippen molar-refractivity contribution < 1.29 is 0 Å². The van der Waals surface area contributed by atoms with E-state index >= 15 is 0 Å². The molecule has 4 nitrogen and oxygen atoms in total. The van der Waals surface area contributed by atoms with Crippen molar-refractivity contribution in [3.8, 4) is 0 Å². The second-order valence-electron chi connectivity index (χ2n) is 8.19. The molecule has 1 unspecified atom stereocenters. The lowest BCUT2D eigenvalue weighted by atomic mass is 9.91. The molecule has 3 aromatic rings. The second kappa shape index (κ2) is 8.65. The second-order valence-corrected chi connectivity index (χ2v) is 8.19. The normalized spacial score (nSPS) is 17.5. The van der Waals surface area contributed by atoms with Gasteiger partial charge in [-0.3, -0.25) is 0 Å². The van der Waals surface area contributed by atoms with Gasteiger partial charge in [0.2, 0.25) is 5.95 Å². The van der Waals surface area contributed by atoms with Crippen molar-refractivity contribution in [2.75, 3.05) is 23.4 Å². The van der Waals surface area contributed by atoms with Crippen LogP contribution in [0, 0.1) is 0 Å². The first-order valence-corrected chi connectivity index (χ1v) is 10.8. The fraction of sp³-hybridized carbons (Fsp3) is 0.360. The molecule has 1 aromatic heterocycles. The van der Waals surface area contributed by atoms with Crippen molar-refractivity contribution in [3.63, 3.8) is 0 Å². The van der Waals surface area contributed by atoms with E-state index in [1.807, 2.05) is 6.07 Å². The summed E-state index contributed by atoms with van der Waals surface area (Å²) in [5.74, 6) is 1.95. The molecule has 2 aliphatic rings. The van der Waals surface area contributed by atoms with Crippen molar-refractivity contribution in [1.82, 2.24) is 9.97 Å². The van der Waals surface area contributed by atoms with Crippen LogP contribution in [0.1, 0.15) is 48.2 Å². The van der Waals surface area contributed by atoms with Crippen molar-refractivity contribution in [2.24, 2.45) is 0 Å². The summed E-state index contributed by atoms with van der Waals surface area (Å²) < 4.78 is 0.